The third-order valence-electron chi connectivity index (χ3n) is 3.10. The van der Waals surface area contributed by atoms with Crippen molar-refractivity contribution in [1.29, 1.82) is 0 Å². The van der Waals surface area contributed by atoms with Gasteiger partial charge in [-0.1, -0.05) is 38.4 Å². The molecule has 1 rings (SSSR count). The second-order valence-corrected chi connectivity index (χ2v) is 4.83. The van der Waals surface area contributed by atoms with Gasteiger partial charge in [0, 0.05) is 6.54 Å². The van der Waals surface area contributed by atoms with Crippen molar-refractivity contribution in [3.63, 3.8) is 0 Å². The first-order chi connectivity index (χ1) is 7.60. The first-order valence-electron chi connectivity index (χ1n) is 5.96. The van der Waals surface area contributed by atoms with Gasteiger partial charge < -0.3 is 16.4 Å². The molecule has 0 unspecified atom stereocenters. The van der Waals surface area contributed by atoms with E-state index in [1.165, 1.54) is 0 Å². The summed E-state index contributed by atoms with van der Waals surface area (Å²) in [4.78, 5) is 12.1. The molecule has 16 heavy (non-hydrogen) atoms. The molecule has 2 amide bonds. The number of nitrogens with two attached hydrogens (primary N) is 1. The normalized spacial score (nSPS) is 18.1. The number of hydrogen-bond donors (Lipinski definition) is 3. The molecule has 0 spiro atoms. The van der Waals surface area contributed by atoms with E-state index in [0.717, 1.165) is 38.5 Å². The van der Waals surface area contributed by atoms with Crippen LogP contribution in [0.2, 0.25) is 0 Å². The lowest BCUT2D eigenvalue weighted by atomic mass is 9.98. The van der Waals surface area contributed by atoms with Gasteiger partial charge in [0.2, 0.25) is 0 Å². The highest BCUT2D eigenvalue weighted by Gasteiger charge is 2.38. The van der Waals surface area contributed by atoms with E-state index >= 15 is 0 Å². The van der Waals surface area contributed by atoms with E-state index in [2.05, 4.69) is 17.6 Å². The zero-order valence-corrected chi connectivity index (χ0v) is 10.7. The van der Waals surface area contributed by atoms with Crippen LogP contribution in [0.5, 0.6) is 0 Å². The lowest BCUT2D eigenvalue weighted by molar-refractivity contribution is 0.233. The van der Waals surface area contributed by atoms with Crippen molar-refractivity contribution >= 4 is 23.2 Å². The smallest absolute Gasteiger partial charge is 0.315 e. The Kier molecular flexibility index (Phi) is 4.99. The molecule has 0 aromatic rings. The van der Waals surface area contributed by atoms with Crippen molar-refractivity contribution in [2.75, 3.05) is 6.54 Å². The van der Waals surface area contributed by atoms with Crippen LogP contribution in [0.4, 0.5) is 4.79 Å². The predicted molar refractivity (Wildman–Crippen MR) is 69.4 cm³/mol. The number of urea groups is 1. The van der Waals surface area contributed by atoms with Crippen LogP contribution in [0.15, 0.2) is 0 Å². The summed E-state index contributed by atoms with van der Waals surface area (Å²) in [7, 11) is 0. The molecule has 0 atom stereocenters. The van der Waals surface area contributed by atoms with Gasteiger partial charge in [-0.2, -0.15) is 0 Å². The Morgan fingerprint density at radius 3 is 2.56 bits per heavy atom. The molecule has 0 saturated heterocycles. The summed E-state index contributed by atoms with van der Waals surface area (Å²) in [6.07, 6.45) is 5.94. The second-order valence-electron chi connectivity index (χ2n) is 4.39. The van der Waals surface area contributed by atoms with Crippen molar-refractivity contribution in [2.24, 2.45) is 5.73 Å². The summed E-state index contributed by atoms with van der Waals surface area (Å²) in [5.41, 5.74) is 5.29. The van der Waals surface area contributed by atoms with Crippen molar-refractivity contribution in [3.8, 4) is 0 Å². The zero-order valence-electron chi connectivity index (χ0n) is 9.84. The number of thiocarbonyl (C=S) groups is 1. The topological polar surface area (TPSA) is 67.2 Å². The lowest BCUT2D eigenvalue weighted by Gasteiger charge is -2.29. The molecular weight excluding hydrogens is 222 g/mol. The first kappa shape index (κ1) is 13.2. The lowest BCUT2D eigenvalue weighted by Crippen LogP contribution is -2.57. The van der Waals surface area contributed by atoms with Crippen molar-refractivity contribution < 1.29 is 4.79 Å². The highest BCUT2D eigenvalue weighted by atomic mass is 32.1. The van der Waals surface area contributed by atoms with E-state index in [0.29, 0.717) is 11.5 Å². The molecule has 1 fully saturated rings. The standard InChI is InChI=1S/C11H21N3OS/c1-2-3-8-13-10(15)14-11(9(12)16)6-4-5-7-11/h2-8H2,1H3,(H2,12,16)(H2,13,14,15). The van der Waals surface area contributed by atoms with E-state index < -0.39 is 5.54 Å². The Balaban J connectivity index is 2.43. The van der Waals surface area contributed by atoms with Crippen LogP contribution < -0.4 is 16.4 Å². The summed E-state index contributed by atoms with van der Waals surface area (Å²) >= 11 is 5.06. The number of amides is 2. The Morgan fingerprint density at radius 2 is 2.06 bits per heavy atom. The van der Waals surface area contributed by atoms with Crippen LogP contribution in [0.1, 0.15) is 45.4 Å². The third-order valence-corrected chi connectivity index (χ3v) is 3.49. The van der Waals surface area contributed by atoms with Crippen LogP contribution in [-0.2, 0) is 0 Å². The molecule has 0 bridgehead atoms. The van der Waals surface area contributed by atoms with E-state index in [4.69, 9.17) is 18.0 Å². The average molecular weight is 243 g/mol. The van der Waals surface area contributed by atoms with Crippen LogP contribution in [0.25, 0.3) is 0 Å². The molecule has 0 aliphatic heterocycles. The quantitative estimate of drug-likeness (QED) is 0.508. The molecule has 0 heterocycles. The molecular formula is C11H21N3OS. The highest BCUT2D eigenvalue weighted by Crippen LogP contribution is 2.29. The number of unbranched alkanes of at least 4 members (excludes halogenated alkanes) is 1. The van der Waals surface area contributed by atoms with Gasteiger partial charge in [-0.05, 0) is 19.3 Å². The SMILES string of the molecule is CCCCNC(=O)NC1(C(N)=S)CCCC1. The maximum atomic E-state index is 11.6. The highest BCUT2D eigenvalue weighted by molar-refractivity contribution is 7.80. The van der Waals surface area contributed by atoms with Crippen molar-refractivity contribution in [2.45, 2.75) is 51.0 Å². The van der Waals surface area contributed by atoms with Crippen LogP contribution in [0, 0.1) is 0 Å². The molecule has 4 nitrogen and oxygen atoms in total. The number of carbonyl (C=O) groups excluding carboxylic acids is 1. The molecule has 4 N–H and O–H groups in total. The first-order valence-corrected chi connectivity index (χ1v) is 6.37. The van der Waals surface area contributed by atoms with Gasteiger partial charge >= 0.3 is 6.03 Å². The van der Waals surface area contributed by atoms with Gasteiger partial charge in [-0.15, -0.1) is 0 Å². The fourth-order valence-electron chi connectivity index (χ4n) is 2.05. The van der Waals surface area contributed by atoms with Crippen LogP contribution in [-0.4, -0.2) is 23.1 Å². The molecule has 5 heteroatoms. The van der Waals surface area contributed by atoms with Gasteiger partial charge in [0.15, 0.2) is 0 Å². The number of nitrogens with one attached hydrogen (secondary N) is 2. The molecule has 0 aromatic heterocycles. The van der Waals surface area contributed by atoms with E-state index in [9.17, 15) is 4.79 Å². The molecule has 0 aromatic carbocycles. The van der Waals surface area contributed by atoms with Gasteiger partial charge in [0.05, 0.1) is 10.5 Å². The second kappa shape index (κ2) is 6.03. The number of carbonyl (C=O) groups is 1. The molecule has 0 radical (unpaired) electrons. The molecule has 1 aliphatic rings. The largest absolute Gasteiger partial charge is 0.391 e. The summed E-state index contributed by atoms with van der Waals surface area (Å²) < 4.78 is 0. The van der Waals surface area contributed by atoms with E-state index in [-0.39, 0.29) is 6.03 Å². The average Bonchev–Trinajstić information content (AvgIpc) is 2.68. The Hall–Kier alpha value is -0.840. The fraction of sp³-hybridized carbons (Fsp3) is 0.818. The summed E-state index contributed by atoms with van der Waals surface area (Å²) in [5.74, 6) is 0. The summed E-state index contributed by atoms with van der Waals surface area (Å²) in [6, 6.07) is -0.150. The molecule has 92 valence electrons. The maximum Gasteiger partial charge on any atom is 0.315 e. The van der Waals surface area contributed by atoms with Gasteiger partial charge in [-0.3, -0.25) is 0 Å². The van der Waals surface area contributed by atoms with Gasteiger partial charge in [-0.25, -0.2) is 4.79 Å². The zero-order chi connectivity index (χ0) is 12.0. The monoisotopic (exact) mass is 243 g/mol. The number of hydrogen-bond acceptors (Lipinski definition) is 2. The summed E-state index contributed by atoms with van der Waals surface area (Å²) in [6.45, 7) is 2.79. The van der Waals surface area contributed by atoms with Crippen LogP contribution in [0.3, 0.4) is 0 Å². The maximum absolute atomic E-state index is 11.6. The van der Waals surface area contributed by atoms with Crippen molar-refractivity contribution in [1.82, 2.24) is 10.6 Å². The minimum Gasteiger partial charge on any atom is -0.391 e. The van der Waals surface area contributed by atoms with E-state index in [1.54, 1.807) is 0 Å². The van der Waals surface area contributed by atoms with Crippen molar-refractivity contribution in [3.05, 3.63) is 0 Å². The Labute approximate surface area is 102 Å². The number of rotatable bonds is 5. The minimum absolute atomic E-state index is 0.150. The third kappa shape index (κ3) is 3.33. The predicted octanol–water partition coefficient (Wildman–Crippen LogP) is 1.68. The molecule has 1 aliphatic carbocycles. The fourth-order valence-corrected chi connectivity index (χ4v) is 2.31. The van der Waals surface area contributed by atoms with Crippen LogP contribution >= 0.6 is 12.2 Å². The van der Waals surface area contributed by atoms with Gasteiger partial charge in [0.25, 0.3) is 0 Å². The Bertz CT molecular complexity index is 262. The van der Waals surface area contributed by atoms with E-state index in [1.807, 2.05) is 0 Å². The minimum atomic E-state index is -0.439. The van der Waals surface area contributed by atoms with Gasteiger partial charge in [0.1, 0.15) is 0 Å². The Morgan fingerprint density at radius 1 is 1.44 bits per heavy atom. The summed E-state index contributed by atoms with van der Waals surface area (Å²) in [5, 5.41) is 5.76. The molecule has 1 saturated carbocycles.